The molecule has 3 heteroatoms. The highest BCUT2D eigenvalue weighted by Gasteiger charge is 2.30. The first-order valence-corrected chi connectivity index (χ1v) is 11.2. The van der Waals surface area contributed by atoms with Crippen molar-refractivity contribution in [2.45, 2.75) is 44.2 Å². The summed E-state index contributed by atoms with van der Waals surface area (Å²) in [7, 11) is 0. The fraction of sp³-hybridized carbons (Fsp3) is 0.520. The summed E-state index contributed by atoms with van der Waals surface area (Å²) in [6.45, 7) is 8.28. The molecule has 2 aliphatic heterocycles. The zero-order valence-corrected chi connectivity index (χ0v) is 17.1. The third-order valence-corrected chi connectivity index (χ3v) is 6.46. The number of rotatable bonds is 7. The lowest BCUT2D eigenvalue weighted by Gasteiger charge is -2.40. The lowest BCUT2D eigenvalue weighted by atomic mass is 9.85. The number of nitrogens with zero attached hydrogens (tertiary/aromatic N) is 2. The van der Waals surface area contributed by atoms with E-state index in [1.807, 2.05) is 0 Å². The van der Waals surface area contributed by atoms with Gasteiger partial charge in [0.2, 0.25) is 0 Å². The van der Waals surface area contributed by atoms with Crippen LogP contribution in [0.15, 0.2) is 60.7 Å². The van der Waals surface area contributed by atoms with Crippen LogP contribution in [0.5, 0.6) is 0 Å². The molecule has 0 bridgehead atoms. The van der Waals surface area contributed by atoms with Crippen LogP contribution in [0.3, 0.4) is 0 Å². The van der Waals surface area contributed by atoms with Crippen LogP contribution in [0, 0.1) is 0 Å². The normalized spacial score (nSPS) is 24.3. The molecule has 2 fully saturated rings. The molecule has 2 atom stereocenters. The molecular weight excluding hydrogens is 342 g/mol. The predicted molar refractivity (Wildman–Crippen MR) is 118 cm³/mol. The maximum atomic E-state index is 3.93. The molecule has 2 aromatic carbocycles. The molecule has 2 aliphatic rings. The largest absolute Gasteiger partial charge is 0.312 e. The van der Waals surface area contributed by atoms with Gasteiger partial charge in [-0.3, -0.25) is 4.90 Å². The summed E-state index contributed by atoms with van der Waals surface area (Å²) in [6, 6.07) is 22.6. The van der Waals surface area contributed by atoms with Crippen molar-refractivity contribution >= 4 is 0 Å². The quantitative estimate of drug-likeness (QED) is 0.783. The van der Waals surface area contributed by atoms with E-state index in [0.717, 1.165) is 19.6 Å². The first-order valence-electron chi connectivity index (χ1n) is 11.2. The molecule has 1 N–H and O–H groups in total. The summed E-state index contributed by atoms with van der Waals surface area (Å²) in [4.78, 5) is 5.27. The van der Waals surface area contributed by atoms with E-state index in [9.17, 15) is 0 Å². The van der Waals surface area contributed by atoms with Crippen LogP contribution >= 0.6 is 0 Å². The molecule has 0 aromatic heterocycles. The molecule has 150 valence electrons. The number of likely N-dealkylation sites (tertiary alicyclic amines) is 2. The fourth-order valence-electron chi connectivity index (χ4n) is 4.88. The van der Waals surface area contributed by atoms with Crippen LogP contribution in [0.25, 0.3) is 0 Å². The summed E-state index contributed by atoms with van der Waals surface area (Å²) in [5.74, 6) is 0.569. The van der Waals surface area contributed by atoms with Crippen molar-refractivity contribution in [3.8, 4) is 0 Å². The van der Waals surface area contributed by atoms with E-state index < -0.39 is 0 Å². The van der Waals surface area contributed by atoms with Crippen molar-refractivity contribution in [3.05, 3.63) is 71.8 Å². The highest BCUT2D eigenvalue weighted by Crippen LogP contribution is 2.28. The lowest BCUT2D eigenvalue weighted by Crippen LogP contribution is -2.49. The van der Waals surface area contributed by atoms with Gasteiger partial charge in [0.25, 0.3) is 0 Å². The third kappa shape index (κ3) is 5.44. The van der Waals surface area contributed by atoms with Gasteiger partial charge in [0.05, 0.1) is 0 Å². The predicted octanol–water partition coefficient (Wildman–Crippen LogP) is 4.12. The van der Waals surface area contributed by atoms with Gasteiger partial charge in [-0.2, -0.15) is 0 Å². The number of hydrogen-bond donors (Lipinski definition) is 1. The van der Waals surface area contributed by atoms with E-state index in [0.29, 0.717) is 12.0 Å². The Morgan fingerprint density at radius 3 is 2.25 bits per heavy atom. The SMILES string of the molecule is c1ccc(CN2CC[C@@H](NCCN3CCCCC3)[C@H](c3ccccc3)C2)cc1. The molecule has 0 radical (unpaired) electrons. The second-order valence-corrected chi connectivity index (χ2v) is 8.49. The average molecular weight is 378 g/mol. The molecule has 0 saturated carbocycles. The Morgan fingerprint density at radius 1 is 0.786 bits per heavy atom. The number of benzene rings is 2. The summed E-state index contributed by atoms with van der Waals surface area (Å²) in [5, 5.41) is 3.93. The zero-order chi connectivity index (χ0) is 19.0. The van der Waals surface area contributed by atoms with Crippen molar-refractivity contribution in [1.82, 2.24) is 15.1 Å². The smallest absolute Gasteiger partial charge is 0.0234 e. The van der Waals surface area contributed by atoms with E-state index in [2.05, 4.69) is 75.8 Å². The van der Waals surface area contributed by atoms with Crippen molar-refractivity contribution in [2.24, 2.45) is 0 Å². The Kier molecular flexibility index (Phi) is 7.15. The minimum absolute atomic E-state index is 0.569. The Balaban J connectivity index is 1.36. The molecule has 3 nitrogen and oxygen atoms in total. The van der Waals surface area contributed by atoms with Gasteiger partial charge in [-0.15, -0.1) is 0 Å². The van der Waals surface area contributed by atoms with Gasteiger partial charge in [0.15, 0.2) is 0 Å². The highest BCUT2D eigenvalue weighted by atomic mass is 15.2. The van der Waals surface area contributed by atoms with Crippen molar-refractivity contribution in [2.75, 3.05) is 39.3 Å². The highest BCUT2D eigenvalue weighted by molar-refractivity contribution is 5.23. The molecule has 2 saturated heterocycles. The van der Waals surface area contributed by atoms with Gasteiger partial charge in [-0.05, 0) is 43.5 Å². The van der Waals surface area contributed by atoms with Crippen LogP contribution in [0.1, 0.15) is 42.7 Å². The van der Waals surface area contributed by atoms with Crippen LogP contribution < -0.4 is 5.32 Å². The van der Waals surface area contributed by atoms with Crippen LogP contribution in [0.4, 0.5) is 0 Å². The third-order valence-electron chi connectivity index (χ3n) is 6.46. The van der Waals surface area contributed by atoms with Crippen molar-refractivity contribution < 1.29 is 0 Å². The summed E-state index contributed by atoms with van der Waals surface area (Å²) < 4.78 is 0. The molecule has 0 amide bonds. The minimum atomic E-state index is 0.569. The second kappa shape index (κ2) is 10.2. The van der Waals surface area contributed by atoms with Crippen molar-refractivity contribution in [3.63, 3.8) is 0 Å². The van der Waals surface area contributed by atoms with Gasteiger partial charge in [0, 0.05) is 44.7 Å². The molecule has 28 heavy (non-hydrogen) atoms. The minimum Gasteiger partial charge on any atom is -0.312 e. The van der Waals surface area contributed by atoms with E-state index in [4.69, 9.17) is 0 Å². The topological polar surface area (TPSA) is 18.5 Å². The number of hydrogen-bond acceptors (Lipinski definition) is 3. The maximum Gasteiger partial charge on any atom is 0.0234 e. The van der Waals surface area contributed by atoms with Crippen LogP contribution in [0.2, 0.25) is 0 Å². The lowest BCUT2D eigenvalue weighted by molar-refractivity contribution is 0.161. The van der Waals surface area contributed by atoms with Gasteiger partial charge >= 0.3 is 0 Å². The number of piperidine rings is 2. The Bertz CT molecular complexity index is 681. The van der Waals surface area contributed by atoms with E-state index >= 15 is 0 Å². The molecular formula is C25H35N3. The molecule has 2 aromatic rings. The van der Waals surface area contributed by atoms with E-state index in [1.165, 1.54) is 63.0 Å². The molecule has 0 spiro atoms. The van der Waals surface area contributed by atoms with E-state index in [1.54, 1.807) is 0 Å². The fourth-order valence-corrected chi connectivity index (χ4v) is 4.88. The van der Waals surface area contributed by atoms with Gasteiger partial charge in [-0.1, -0.05) is 67.1 Å². The first-order chi connectivity index (χ1) is 13.9. The molecule has 2 heterocycles. The Hall–Kier alpha value is -1.68. The average Bonchev–Trinajstić information content (AvgIpc) is 2.77. The molecule has 0 unspecified atom stereocenters. The maximum absolute atomic E-state index is 3.93. The monoisotopic (exact) mass is 377 g/mol. The van der Waals surface area contributed by atoms with Crippen LogP contribution in [-0.2, 0) is 6.54 Å². The molecule has 0 aliphatic carbocycles. The van der Waals surface area contributed by atoms with E-state index in [-0.39, 0.29) is 0 Å². The summed E-state index contributed by atoms with van der Waals surface area (Å²) >= 11 is 0. The zero-order valence-electron chi connectivity index (χ0n) is 17.1. The summed E-state index contributed by atoms with van der Waals surface area (Å²) in [5.41, 5.74) is 2.90. The standard InChI is InChI=1S/C25H35N3/c1-4-10-22(11-5-1)20-28-18-14-25(24(21-28)23-12-6-2-7-13-23)26-15-19-27-16-8-3-9-17-27/h1-2,4-7,10-13,24-26H,3,8-9,14-21H2/t24-,25+/m0/s1. The Labute approximate surface area is 170 Å². The van der Waals surface area contributed by atoms with Gasteiger partial charge in [-0.25, -0.2) is 0 Å². The number of nitrogens with one attached hydrogen (secondary N) is 1. The second-order valence-electron chi connectivity index (χ2n) is 8.49. The van der Waals surface area contributed by atoms with Gasteiger partial charge in [0.1, 0.15) is 0 Å². The summed E-state index contributed by atoms with van der Waals surface area (Å²) in [6.07, 6.45) is 5.40. The molecule has 4 rings (SSSR count). The van der Waals surface area contributed by atoms with Gasteiger partial charge < -0.3 is 10.2 Å². The van der Waals surface area contributed by atoms with Crippen molar-refractivity contribution in [1.29, 1.82) is 0 Å². The first kappa shape index (κ1) is 19.6. The Morgan fingerprint density at radius 2 is 1.50 bits per heavy atom. The van der Waals surface area contributed by atoms with Crippen LogP contribution in [-0.4, -0.2) is 55.1 Å².